The average Bonchev–Trinajstić information content (AvgIpc) is 3.06. The molecule has 0 radical (unpaired) electrons. The molecular weight excluding hydrogens is 345 g/mol. The number of halogens is 1. The second-order valence-electron chi connectivity index (χ2n) is 6.69. The first-order chi connectivity index (χ1) is 12.9. The molecule has 6 heteroatoms. The smallest absolute Gasteiger partial charge is 0.156 e. The summed E-state index contributed by atoms with van der Waals surface area (Å²) in [5.41, 5.74) is 5.87. The monoisotopic (exact) mass is 363 g/mol. The molecule has 0 saturated heterocycles. The Morgan fingerprint density at radius 1 is 1.00 bits per heavy atom. The van der Waals surface area contributed by atoms with E-state index in [9.17, 15) is 9.50 Å². The number of hydrogen-bond donors (Lipinski definition) is 1. The lowest BCUT2D eigenvalue weighted by molar-refractivity contribution is 0.201. The lowest BCUT2D eigenvalue weighted by Gasteiger charge is -2.15. The van der Waals surface area contributed by atoms with Crippen LogP contribution in [0.2, 0.25) is 0 Å². The van der Waals surface area contributed by atoms with Gasteiger partial charge in [-0.3, -0.25) is 0 Å². The minimum absolute atomic E-state index is 0.311. The van der Waals surface area contributed by atoms with Crippen LogP contribution in [0.15, 0.2) is 47.1 Å². The van der Waals surface area contributed by atoms with Crippen molar-refractivity contribution in [1.29, 1.82) is 0 Å². The Morgan fingerprint density at radius 2 is 1.74 bits per heavy atom. The van der Waals surface area contributed by atoms with Gasteiger partial charge in [0, 0.05) is 10.9 Å². The predicted molar refractivity (Wildman–Crippen MR) is 101 cm³/mol. The zero-order valence-corrected chi connectivity index (χ0v) is 15.2. The molecule has 1 atom stereocenters. The SMILES string of the molecule is Cc1cc(C(C)O)c2cc(-c3ccc(F)cc3)c(-c3nonc3C)nc2c1. The number of hydrogen-bond acceptors (Lipinski definition) is 5. The van der Waals surface area contributed by atoms with Gasteiger partial charge in [-0.15, -0.1) is 0 Å². The average molecular weight is 363 g/mol. The Morgan fingerprint density at radius 3 is 2.37 bits per heavy atom. The highest BCUT2D eigenvalue weighted by molar-refractivity contribution is 5.93. The topological polar surface area (TPSA) is 72.0 Å². The van der Waals surface area contributed by atoms with E-state index in [2.05, 4.69) is 10.3 Å². The van der Waals surface area contributed by atoms with Gasteiger partial charge in [0.05, 0.1) is 11.6 Å². The fourth-order valence-corrected chi connectivity index (χ4v) is 3.27. The number of aliphatic hydroxyl groups excluding tert-OH is 1. The summed E-state index contributed by atoms with van der Waals surface area (Å²) in [6.07, 6.45) is -0.642. The van der Waals surface area contributed by atoms with E-state index in [1.807, 2.05) is 25.1 Å². The summed E-state index contributed by atoms with van der Waals surface area (Å²) < 4.78 is 18.3. The van der Waals surface area contributed by atoms with Crippen molar-refractivity contribution in [2.45, 2.75) is 26.9 Å². The van der Waals surface area contributed by atoms with Crippen molar-refractivity contribution in [3.63, 3.8) is 0 Å². The van der Waals surface area contributed by atoms with Gasteiger partial charge >= 0.3 is 0 Å². The first-order valence-corrected chi connectivity index (χ1v) is 8.63. The Balaban J connectivity index is 2.09. The lowest BCUT2D eigenvalue weighted by Crippen LogP contribution is -1.99. The molecule has 4 aromatic rings. The van der Waals surface area contributed by atoms with Crippen LogP contribution in [0.5, 0.6) is 0 Å². The van der Waals surface area contributed by atoms with Crippen molar-refractivity contribution in [1.82, 2.24) is 15.3 Å². The number of nitrogens with zero attached hydrogens (tertiary/aromatic N) is 3. The van der Waals surface area contributed by atoms with Crippen molar-refractivity contribution in [3.05, 3.63) is 65.1 Å². The van der Waals surface area contributed by atoms with E-state index < -0.39 is 6.10 Å². The van der Waals surface area contributed by atoms with E-state index in [1.54, 1.807) is 26.0 Å². The second-order valence-corrected chi connectivity index (χ2v) is 6.69. The van der Waals surface area contributed by atoms with Crippen molar-refractivity contribution >= 4 is 10.9 Å². The summed E-state index contributed by atoms with van der Waals surface area (Å²) in [4.78, 5) is 4.81. The number of benzene rings is 2. The van der Waals surface area contributed by atoms with Gasteiger partial charge in [0.25, 0.3) is 0 Å². The van der Waals surface area contributed by atoms with Crippen LogP contribution in [-0.2, 0) is 0 Å². The zero-order valence-electron chi connectivity index (χ0n) is 15.2. The van der Waals surface area contributed by atoms with Crippen LogP contribution >= 0.6 is 0 Å². The first kappa shape index (κ1) is 17.3. The van der Waals surface area contributed by atoms with Crippen LogP contribution < -0.4 is 0 Å². The van der Waals surface area contributed by atoms with E-state index in [-0.39, 0.29) is 5.82 Å². The van der Waals surface area contributed by atoms with Crippen LogP contribution in [0.25, 0.3) is 33.4 Å². The maximum Gasteiger partial charge on any atom is 0.156 e. The van der Waals surface area contributed by atoms with Gasteiger partial charge in [-0.25, -0.2) is 14.0 Å². The van der Waals surface area contributed by atoms with Gasteiger partial charge in [-0.2, -0.15) is 0 Å². The zero-order chi connectivity index (χ0) is 19.1. The molecule has 0 saturated carbocycles. The summed E-state index contributed by atoms with van der Waals surface area (Å²) in [5.74, 6) is -0.311. The molecular formula is C21H18FN3O2. The molecule has 2 aromatic carbocycles. The Labute approximate surface area is 155 Å². The van der Waals surface area contributed by atoms with Crippen LogP contribution in [0.4, 0.5) is 4.39 Å². The number of aliphatic hydroxyl groups is 1. The Kier molecular flexibility index (Phi) is 4.20. The molecule has 2 heterocycles. The lowest BCUT2D eigenvalue weighted by atomic mass is 9.95. The molecule has 0 spiro atoms. The number of rotatable bonds is 3. The van der Waals surface area contributed by atoms with Gasteiger partial charge in [-0.1, -0.05) is 23.4 Å². The van der Waals surface area contributed by atoms with Gasteiger partial charge < -0.3 is 5.11 Å². The maximum absolute atomic E-state index is 13.4. The fourth-order valence-electron chi connectivity index (χ4n) is 3.27. The number of aromatic nitrogens is 3. The summed E-state index contributed by atoms with van der Waals surface area (Å²) in [7, 11) is 0. The molecule has 0 aliphatic heterocycles. The van der Waals surface area contributed by atoms with E-state index >= 15 is 0 Å². The molecule has 1 N–H and O–H groups in total. The summed E-state index contributed by atoms with van der Waals surface area (Å²) in [6, 6.07) is 12.1. The molecule has 0 amide bonds. The molecule has 1 unspecified atom stereocenters. The summed E-state index contributed by atoms with van der Waals surface area (Å²) in [5, 5.41) is 18.9. The van der Waals surface area contributed by atoms with Crippen LogP contribution in [-0.4, -0.2) is 20.4 Å². The first-order valence-electron chi connectivity index (χ1n) is 8.63. The number of pyridine rings is 1. The van der Waals surface area contributed by atoms with Gasteiger partial charge in [0.15, 0.2) is 5.69 Å². The van der Waals surface area contributed by atoms with E-state index in [4.69, 9.17) is 9.61 Å². The Bertz CT molecular complexity index is 1130. The molecule has 27 heavy (non-hydrogen) atoms. The molecule has 5 nitrogen and oxygen atoms in total. The van der Waals surface area contributed by atoms with E-state index in [0.717, 1.165) is 33.2 Å². The van der Waals surface area contributed by atoms with Crippen LogP contribution in [0.1, 0.15) is 29.8 Å². The summed E-state index contributed by atoms with van der Waals surface area (Å²) in [6.45, 7) is 5.48. The minimum Gasteiger partial charge on any atom is -0.389 e. The van der Waals surface area contributed by atoms with E-state index in [0.29, 0.717) is 17.1 Å². The molecule has 0 aliphatic rings. The quantitative estimate of drug-likeness (QED) is 0.568. The largest absolute Gasteiger partial charge is 0.389 e. The molecule has 0 bridgehead atoms. The minimum atomic E-state index is -0.642. The molecule has 2 aromatic heterocycles. The standard InChI is InChI=1S/C21H18FN3O2/c1-11-8-16(13(3)26)18-10-17(14-4-6-15(22)7-5-14)21(23-19(18)9-11)20-12(2)24-27-25-20/h4-10,13,26H,1-3H3. The maximum atomic E-state index is 13.4. The van der Waals surface area contributed by atoms with E-state index in [1.165, 1.54) is 12.1 Å². The number of fused-ring (bicyclic) bond motifs is 1. The molecule has 136 valence electrons. The number of aryl methyl sites for hydroxylation is 2. The van der Waals surface area contributed by atoms with Gasteiger partial charge in [0.2, 0.25) is 0 Å². The third-order valence-electron chi connectivity index (χ3n) is 4.59. The predicted octanol–water partition coefficient (Wildman–Crippen LogP) is 4.76. The van der Waals surface area contributed by atoms with Gasteiger partial charge in [-0.05, 0) is 66.9 Å². The molecule has 0 aliphatic carbocycles. The van der Waals surface area contributed by atoms with Gasteiger partial charge in [0.1, 0.15) is 17.2 Å². The van der Waals surface area contributed by atoms with Crippen molar-refractivity contribution in [2.24, 2.45) is 0 Å². The Hall–Kier alpha value is -3.12. The van der Waals surface area contributed by atoms with Crippen molar-refractivity contribution in [3.8, 4) is 22.5 Å². The van der Waals surface area contributed by atoms with Crippen molar-refractivity contribution in [2.75, 3.05) is 0 Å². The highest BCUT2D eigenvalue weighted by Gasteiger charge is 2.19. The second kappa shape index (κ2) is 6.55. The highest BCUT2D eigenvalue weighted by Crippen LogP contribution is 2.36. The van der Waals surface area contributed by atoms with Crippen LogP contribution in [0, 0.1) is 19.7 Å². The van der Waals surface area contributed by atoms with Crippen LogP contribution in [0.3, 0.4) is 0 Å². The third kappa shape index (κ3) is 3.08. The fraction of sp³-hybridized carbons (Fsp3) is 0.190. The molecule has 4 rings (SSSR count). The third-order valence-corrected chi connectivity index (χ3v) is 4.59. The molecule has 0 fully saturated rings. The summed E-state index contributed by atoms with van der Waals surface area (Å²) >= 11 is 0. The highest BCUT2D eigenvalue weighted by atomic mass is 19.1. The van der Waals surface area contributed by atoms with Crippen molar-refractivity contribution < 1.29 is 14.1 Å². The normalized spacial score (nSPS) is 12.5.